The van der Waals surface area contributed by atoms with Crippen molar-refractivity contribution in [1.29, 1.82) is 0 Å². The second-order valence-corrected chi connectivity index (χ2v) is 4.46. The van der Waals surface area contributed by atoms with E-state index in [1.807, 2.05) is 0 Å². The van der Waals surface area contributed by atoms with Crippen LogP contribution in [0, 0.1) is 0 Å². The van der Waals surface area contributed by atoms with Crippen molar-refractivity contribution in [2.24, 2.45) is 0 Å². The molecule has 11 heavy (non-hydrogen) atoms. The molecule has 0 aliphatic heterocycles. The van der Waals surface area contributed by atoms with E-state index < -0.39 is 0 Å². The maximum Gasteiger partial charge on any atom is 0.0663 e. The van der Waals surface area contributed by atoms with Crippen LogP contribution < -0.4 is 0 Å². The first-order valence-electron chi connectivity index (χ1n) is 4.53. The largest absolute Gasteiger partial charge is 0.357 e. The molecule has 0 saturated carbocycles. The molecule has 0 aliphatic rings. The molecule has 0 heterocycles. The van der Waals surface area contributed by atoms with Gasteiger partial charge in [-0.1, -0.05) is 20.3 Å². The van der Waals surface area contributed by atoms with Gasteiger partial charge in [0.2, 0.25) is 0 Å². The van der Waals surface area contributed by atoms with Gasteiger partial charge >= 0.3 is 0 Å². The molecule has 2 heteroatoms. The van der Waals surface area contributed by atoms with E-state index in [2.05, 4.69) is 27.7 Å². The molecule has 0 aliphatic carbocycles. The van der Waals surface area contributed by atoms with E-state index in [1.54, 1.807) is 0 Å². The van der Waals surface area contributed by atoms with Gasteiger partial charge in [0.05, 0.1) is 5.60 Å². The summed E-state index contributed by atoms with van der Waals surface area (Å²) in [6.45, 7) is 8.71. The van der Waals surface area contributed by atoms with Crippen LogP contribution in [0.25, 0.3) is 0 Å². The maximum atomic E-state index is 5.71. The lowest BCUT2D eigenvalue weighted by atomic mass is 10.1. The number of hydrogen-bond donors (Lipinski definition) is 0. The van der Waals surface area contributed by atoms with Crippen LogP contribution >= 0.6 is 8.81 Å². The highest BCUT2D eigenvalue weighted by atomic mass is 31.1. The molecule has 0 amide bonds. The van der Waals surface area contributed by atoms with E-state index in [1.165, 1.54) is 19.0 Å². The van der Waals surface area contributed by atoms with Crippen LogP contribution in [0.15, 0.2) is 0 Å². The number of hydrogen-bond acceptors (Lipinski definition) is 1. The van der Waals surface area contributed by atoms with Gasteiger partial charge in [-0.15, -0.1) is 0 Å². The van der Waals surface area contributed by atoms with Crippen LogP contribution in [0.4, 0.5) is 0 Å². The standard InChI is InChI=1S/C9H21OP/c1-5-7-8-11-10-9(3,4)6-2/h11H,5-8H2,1-4H3. The molecule has 1 atom stereocenters. The zero-order valence-corrected chi connectivity index (χ0v) is 9.24. The summed E-state index contributed by atoms with van der Waals surface area (Å²) < 4.78 is 5.71. The summed E-state index contributed by atoms with van der Waals surface area (Å²) in [5.74, 6) is 0. The van der Waals surface area contributed by atoms with Gasteiger partial charge in [0, 0.05) is 8.81 Å². The van der Waals surface area contributed by atoms with E-state index >= 15 is 0 Å². The van der Waals surface area contributed by atoms with Crippen LogP contribution in [0.5, 0.6) is 0 Å². The highest BCUT2D eigenvalue weighted by molar-refractivity contribution is 7.32. The van der Waals surface area contributed by atoms with E-state index in [0.717, 1.165) is 6.42 Å². The van der Waals surface area contributed by atoms with Gasteiger partial charge in [-0.3, -0.25) is 0 Å². The van der Waals surface area contributed by atoms with E-state index in [4.69, 9.17) is 4.52 Å². The molecule has 0 aromatic heterocycles. The van der Waals surface area contributed by atoms with Crippen molar-refractivity contribution in [1.82, 2.24) is 0 Å². The van der Waals surface area contributed by atoms with Crippen molar-refractivity contribution in [2.45, 2.75) is 52.6 Å². The zero-order valence-electron chi connectivity index (χ0n) is 8.24. The predicted octanol–water partition coefficient (Wildman–Crippen LogP) is 3.59. The lowest BCUT2D eigenvalue weighted by Crippen LogP contribution is -2.18. The molecule has 0 aromatic rings. The third-order valence-electron chi connectivity index (χ3n) is 1.83. The Bertz CT molecular complexity index is 91.6. The highest BCUT2D eigenvalue weighted by Crippen LogP contribution is 2.26. The van der Waals surface area contributed by atoms with Gasteiger partial charge < -0.3 is 4.52 Å². The Labute approximate surface area is 72.8 Å². The van der Waals surface area contributed by atoms with Crippen molar-refractivity contribution < 1.29 is 4.52 Å². The molecule has 0 aromatic carbocycles. The fraction of sp³-hybridized carbons (Fsp3) is 1.00. The van der Waals surface area contributed by atoms with Gasteiger partial charge in [0.1, 0.15) is 0 Å². The Balaban J connectivity index is 3.23. The van der Waals surface area contributed by atoms with Gasteiger partial charge in [0.25, 0.3) is 0 Å². The molecule has 0 rings (SSSR count). The fourth-order valence-corrected chi connectivity index (χ4v) is 1.70. The Morgan fingerprint density at radius 3 is 2.36 bits per heavy atom. The topological polar surface area (TPSA) is 9.23 Å². The summed E-state index contributed by atoms with van der Waals surface area (Å²) in [6.07, 6.45) is 4.92. The smallest absolute Gasteiger partial charge is 0.0663 e. The van der Waals surface area contributed by atoms with Crippen LogP contribution in [-0.4, -0.2) is 11.8 Å². The first-order valence-corrected chi connectivity index (χ1v) is 5.64. The minimum atomic E-state index is 0.103. The first kappa shape index (κ1) is 11.4. The monoisotopic (exact) mass is 176 g/mol. The molecule has 0 bridgehead atoms. The Morgan fingerprint density at radius 1 is 1.27 bits per heavy atom. The van der Waals surface area contributed by atoms with Gasteiger partial charge in [-0.25, -0.2) is 0 Å². The van der Waals surface area contributed by atoms with E-state index in [-0.39, 0.29) is 5.60 Å². The zero-order chi connectivity index (χ0) is 8.74. The second kappa shape index (κ2) is 5.97. The highest BCUT2D eigenvalue weighted by Gasteiger charge is 2.14. The molecule has 0 radical (unpaired) electrons. The number of rotatable bonds is 6. The Kier molecular flexibility index (Phi) is 6.18. The Morgan fingerprint density at radius 2 is 1.91 bits per heavy atom. The molecule has 0 saturated heterocycles. The van der Waals surface area contributed by atoms with Crippen molar-refractivity contribution in [2.75, 3.05) is 6.16 Å². The van der Waals surface area contributed by atoms with Crippen LogP contribution in [-0.2, 0) is 4.52 Å². The number of unbranched alkanes of at least 4 members (excludes halogenated alkanes) is 1. The Hall–Kier alpha value is 0.390. The van der Waals surface area contributed by atoms with E-state index in [0.29, 0.717) is 8.81 Å². The minimum absolute atomic E-state index is 0.103. The lowest BCUT2D eigenvalue weighted by molar-refractivity contribution is 0.128. The van der Waals surface area contributed by atoms with Crippen LogP contribution in [0.3, 0.4) is 0 Å². The molecular formula is C9H21OP. The second-order valence-electron chi connectivity index (χ2n) is 3.46. The fourth-order valence-electron chi connectivity index (χ4n) is 0.568. The van der Waals surface area contributed by atoms with Crippen LogP contribution in [0.2, 0.25) is 0 Å². The SMILES string of the molecule is CCCCPOC(C)(C)CC. The maximum absolute atomic E-state index is 5.71. The molecule has 0 N–H and O–H groups in total. The molecule has 0 fully saturated rings. The summed E-state index contributed by atoms with van der Waals surface area (Å²) in [5.41, 5.74) is 0.103. The van der Waals surface area contributed by atoms with Gasteiger partial charge in [0.15, 0.2) is 0 Å². The third-order valence-corrected chi connectivity index (χ3v) is 3.09. The summed E-state index contributed by atoms with van der Waals surface area (Å²) in [6, 6.07) is 0. The summed E-state index contributed by atoms with van der Waals surface area (Å²) in [5, 5.41) is 0. The van der Waals surface area contributed by atoms with Gasteiger partial charge in [-0.05, 0) is 32.9 Å². The predicted molar refractivity (Wildman–Crippen MR) is 53.5 cm³/mol. The van der Waals surface area contributed by atoms with Crippen molar-refractivity contribution in [3.05, 3.63) is 0 Å². The molecule has 1 unspecified atom stereocenters. The minimum Gasteiger partial charge on any atom is -0.357 e. The third kappa shape index (κ3) is 6.77. The molecular weight excluding hydrogens is 155 g/mol. The van der Waals surface area contributed by atoms with E-state index in [9.17, 15) is 0 Å². The molecule has 68 valence electrons. The average molecular weight is 176 g/mol. The van der Waals surface area contributed by atoms with Crippen molar-refractivity contribution in [3.8, 4) is 0 Å². The lowest BCUT2D eigenvalue weighted by Gasteiger charge is -2.22. The quantitative estimate of drug-likeness (QED) is 0.444. The first-order chi connectivity index (χ1) is 5.12. The summed E-state index contributed by atoms with van der Waals surface area (Å²) in [4.78, 5) is 0. The normalized spacial score (nSPS) is 13.1. The average Bonchev–Trinajstić information content (AvgIpc) is 1.99. The summed E-state index contributed by atoms with van der Waals surface area (Å²) >= 11 is 0. The van der Waals surface area contributed by atoms with Crippen LogP contribution in [0.1, 0.15) is 47.0 Å². The molecule has 0 spiro atoms. The summed E-state index contributed by atoms with van der Waals surface area (Å²) in [7, 11) is 0.697. The van der Waals surface area contributed by atoms with Crippen molar-refractivity contribution >= 4 is 8.81 Å². The van der Waals surface area contributed by atoms with Crippen molar-refractivity contribution in [3.63, 3.8) is 0 Å². The molecule has 1 nitrogen and oxygen atoms in total. The van der Waals surface area contributed by atoms with Gasteiger partial charge in [-0.2, -0.15) is 0 Å².